The molecule has 1 aliphatic rings. The molecule has 0 bridgehead atoms. The van der Waals surface area contributed by atoms with Crippen LogP contribution in [0.25, 0.3) is 10.9 Å². The first-order chi connectivity index (χ1) is 12.1. The van der Waals surface area contributed by atoms with Crippen molar-refractivity contribution in [2.75, 3.05) is 10.6 Å². The Hall–Kier alpha value is -3.36. The molecule has 2 aromatic heterocycles. The van der Waals surface area contributed by atoms with Crippen molar-refractivity contribution in [3.8, 4) is 0 Å². The molecule has 0 spiro atoms. The van der Waals surface area contributed by atoms with Crippen molar-refractivity contribution in [2.45, 2.75) is 25.2 Å². The number of nitrogens with zero attached hydrogens (tertiary/aromatic N) is 1. The van der Waals surface area contributed by atoms with E-state index in [0.717, 1.165) is 18.5 Å². The number of aromatic nitrogens is 4. The van der Waals surface area contributed by atoms with E-state index in [9.17, 15) is 14.4 Å². The Morgan fingerprint density at radius 3 is 2.72 bits per heavy atom. The smallest absolute Gasteiger partial charge is 0.271 e. The molecule has 2 amide bonds. The number of fused-ring (bicyclic) bond motifs is 1. The molecule has 4 rings (SSSR count). The third kappa shape index (κ3) is 3.30. The number of amides is 2. The van der Waals surface area contributed by atoms with E-state index in [-0.39, 0.29) is 12.0 Å². The Balaban J connectivity index is 1.35. The molecule has 0 aliphatic heterocycles. The molecule has 0 radical (unpaired) electrons. The average molecular weight is 340 g/mol. The number of carbonyl (C=O) groups is 2. The summed E-state index contributed by atoms with van der Waals surface area (Å²) in [6.07, 6.45) is 1.94. The van der Waals surface area contributed by atoms with Crippen LogP contribution in [0.4, 0.5) is 11.5 Å². The SMILES string of the molecule is O=C(CC(=O)Nc1cc(C2CC2)[nH]n1)Nc1ccc2c(=O)[nH][nH]c2c1. The first-order valence-corrected chi connectivity index (χ1v) is 7.94. The Morgan fingerprint density at radius 1 is 1.12 bits per heavy atom. The Kier molecular flexibility index (Phi) is 3.60. The maximum absolute atomic E-state index is 12.0. The minimum Gasteiger partial charge on any atom is -0.326 e. The number of anilines is 2. The van der Waals surface area contributed by atoms with Gasteiger partial charge in [-0.2, -0.15) is 5.10 Å². The van der Waals surface area contributed by atoms with Crippen molar-refractivity contribution in [3.63, 3.8) is 0 Å². The second-order valence-electron chi connectivity index (χ2n) is 6.10. The summed E-state index contributed by atoms with van der Waals surface area (Å²) in [5, 5.41) is 17.8. The number of rotatable bonds is 5. The van der Waals surface area contributed by atoms with Gasteiger partial charge in [0.25, 0.3) is 5.56 Å². The van der Waals surface area contributed by atoms with Crippen LogP contribution in [-0.4, -0.2) is 32.2 Å². The van der Waals surface area contributed by atoms with Crippen LogP contribution in [0.1, 0.15) is 30.9 Å². The first kappa shape index (κ1) is 15.2. The lowest BCUT2D eigenvalue weighted by Gasteiger charge is -2.05. The second kappa shape index (κ2) is 5.93. The summed E-state index contributed by atoms with van der Waals surface area (Å²) < 4.78 is 0. The summed E-state index contributed by atoms with van der Waals surface area (Å²) in [6, 6.07) is 6.63. The first-order valence-electron chi connectivity index (χ1n) is 7.94. The van der Waals surface area contributed by atoms with Gasteiger partial charge in [-0.25, -0.2) is 0 Å². The van der Waals surface area contributed by atoms with Gasteiger partial charge in [-0.1, -0.05) is 0 Å². The molecule has 1 aliphatic carbocycles. The summed E-state index contributed by atoms with van der Waals surface area (Å²) >= 11 is 0. The highest BCUT2D eigenvalue weighted by molar-refractivity contribution is 6.08. The summed E-state index contributed by atoms with van der Waals surface area (Å²) in [7, 11) is 0. The quantitative estimate of drug-likeness (QED) is 0.449. The number of hydrogen-bond donors (Lipinski definition) is 5. The summed E-state index contributed by atoms with van der Waals surface area (Å²) in [5.74, 6) is 0.0393. The number of H-pyrrole nitrogens is 3. The van der Waals surface area contributed by atoms with E-state index in [1.807, 2.05) is 0 Å². The van der Waals surface area contributed by atoms with Crippen molar-refractivity contribution in [2.24, 2.45) is 0 Å². The molecule has 2 heterocycles. The third-order valence-electron chi connectivity index (χ3n) is 4.06. The lowest BCUT2D eigenvalue weighted by molar-refractivity contribution is -0.123. The largest absolute Gasteiger partial charge is 0.326 e. The molecule has 3 aromatic rings. The molecular formula is C16H16N6O3. The molecule has 128 valence electrons. The fourth-order valence-corrected chi connectivity index (χ4v) is 2.66. The lowest BCUT2D eigenvalue weighted by atomic mass is 10.2. The van der Waals surface area contributed by atoms with E-state index >= 15 is 0 Å². The molecule has 0 atom stereocenters. The second-order valence-corrected chi connectivity index (χ2v) is 6.10. The van der Waals surface area contributed by atoms with Gasteiger partial charge in [0, 0.05) is 23.4 Å². The van der Waals surface area contributed by atoms with E-state index in [1.54, 1.807) is 24.3 Å². The van der Waals surface area contributed by atoms with E-state index in [4.69, 9.17) is 0 Å². The van der Waals surface area contributed by atoms with E-state index < -0.39 is 11.8 Å². The molecule has 9 heteroatoms. The lowest BCUT2D eigenvalue weighted by Crippen LogP contribution is -2.21. The van der Waals surface area contributed by atoms with E-state index in [0.29, 0.717) is 28.3 Å². The van der Waals surface area contributed by atoms with Gasteiger partial charge in [0.05, 0.1) is 10.9 Å². The maximum atomic E-state index is 12.0. The molecule has 25 heavy (non-hydrogen) atoms. The van der Waals surface area contributed by atoms with Gasteiger partial charge in [-0.05, 0) is 31.0 Å². The molecular weight excluding hydrogens is 324 g/mol. The number of benzene rings is 1. The van der Waals surface area contributed by atoms with E-state index in [1.165, 1.54) is 0 Å². The summed E-state index contributed by atoms with van der Waals surface area (Å²) in [4.78, 5) is 35.4. The van der Waals surface area contributed by atoms with Crippen LogP contribution in [0.2, 0.25) is 0 Å². The average Bonchev–Trinajstić information content (AvgIpc) is 3.22. The Bertz CT molecular complexity index is 1010. The van der Waals surface area contributed by atoms with E-state index in [2.05, 4.69) is 31.0 Å². The van der Waals surface area contributed by atoms with Crippen LogP contribution in [-0.2, 0) is 9.59 Å². The van der Waals surface area contributed by atoms with Gasteiger partial charge in [0.2, 0.25) is 11.8 Å². The number of hydrogen-bond acceptors (Lipinski definition) is 4. The molecule has 1 saturated carbocycles. The molecule has 1 aromatic carbocycles. The van der Waals surface area contributed by atoms with Gasteiger partial charge < -0.3 is 10.6 Å². The third-order valence-corrected chi connectivity index (χ3v) is 4.06. The van der Waals surface area contributed by atoms with Crippen molar-refractivity contribution in [3.05, 3.63) is 40.3 Å². The number of carbonyl (C=O) groups excluding carboxylic acids is 2. The van der Waals surface area contributed by atoms with Gasteiger partial charge in [0.1, 0.15) is 6.42 Å². The van der Waals surface area contributed by atoms with Crippen LogP contribution in [0.3, 0.4) is 0 Å². The monoisotopic (exact) mass is 340 g/mol. The molecule has 0 unspecified atom stereocenters. The van der Waals surface area contributed by atoms with Gasteiger partial charge in [0.15, 0.2) is 5.82 Å². The van der Waals surface area contributed by atoms with Crippen LogP contribution >= 0.6 is 0 Å². The minimum atomic E-state index is -0.451. The zero-order chi connectivity index (χ0) is 17.4. The zero-order valence-corrected chi connectivity index (χ0v) is 13.2. The maximum Gasteiger partial charge on any atom is 0.271 e. The normalized spacial score (nSPS) is 13.8. The van der Waals surface area contributed by atoms with Gasteiger partial charge in [-0.3, -0.25) is 29.7 Å². The van der Waals surface area contributed by atoms with Crippen LogP contribution in [0.5, 0.6) is 0 Å². The van der Waals surface area contributed by atoms with Crippen LogP contribution in [0.15, 0.2) is 29.1 Å². The predicted octanol–water partition coefficient (Wildman–Crippen LogP) is 1.42. The van der Waals surface area contributed by atoms with Crippen molar-refractivity contribution in [1.82, 2.24) is 20.4 Å². The summed E-state index contributed by atoms with van der Waals surface area (Å²) in [5.41, 5.74) is 1.86. The number of nitrogens with one attached hydrogen (secondary N) is 5. The molecule has 5 N–H and O–H groups in total. The number of aromatic amines is 3. The molecule has 1 fully saturated rings. The Morgan fingerprint density at radius 2 is 1.92 bits per heavy atom. The van der Waals surface area contributed by atoms with Crippen molar-refractivity contribution < 1.29 is 9.59 Å². The van der Waals surface area contributed by atoms with Gasteiger partial charge in [-0.15, -0.1) is 0 Å². The highest BCUT2D eigenvalue weighted by Crippen LogP contribution is 2.39. The topological polar surface area (TPSA) is 136 Å². The molecule has 9 nitrogen and oxygen atoms in total. The predicted molar refractivity (Wildman–Crippen MR) is 91.4 cm³/mol. The fraction of sp³-hybridized carbons (Fsp3) is 0.250. The minimum absolute atomic E-state index is 0.225. The van der Waals surface area contributed by atoms with Crippen LogP contribution < -0.4 is 16.2 Å². The Labute approximate surface area is 141 Å². The fourth-order valence-electron chi connectivity index (χ4n) is 2.66. The molecule has 0 saturated heterocycles. The van der Waals surface area contributed by atoms with Crippen molar-refractivity contribution >= 4 is 34.2 Å². The summed E-state index contributed by atoms with van der Waals surface area (Å²) in [6.45, 7) is 0. The standard InChI is InChI=1S/C16H16N6O3/c23-14(17-9-3-4-10-12(5-9)20-22-16(10)25)7-15(24)18-13-6-11(19-21-13)8-1-2-8/h3-6,8H,1-2,7H2,(H,17,23)(H2,20,22,25)(H2,18,19,21,24). The zero-order valence-electron chi connectivity index (χ0n) is 13.2. The highest BCUT2D eigenvalue weighted by Gasteiger charge is 2.25. The van der Waals surface area contributed by atoms with Crippen LogP contribution in [0, 0.1) is 0 Å². The highest BCUT2D eigenvalue weighted by atomic mass is 16.2. The van der Waals surface area contributed by atoms with Gasteiger partial charge >= 0.3 is 0 Å². The van der Waals surface area contributed by atoms with Crippen molar-refractivity contribution in [1.29, 1.82) is 0 Å².